The van der Waals surface area contributed by atoms with E-state index in [1.807, 2.05) is 66.7 Å². The number of carbonyl (C=O) groups is 1. The molecule has 0 aliphatic rings. The summed E-state index contributed by atoms with van der Waals surface area (Å²) in [6.07, 6.45) is 1.19. The molecule has 0 aliphatic carbocycles. The number of amides is 1. The highest BCUT2D eigenvalue weighted by Crippen LogP contribution is 2.35. The Morgan fingerprint density at radius 2 is 1.44 bits per heavy atom. The van der Waals surface area contributed by atoms with E-state index in [1.165, 1.54) is 17.6 Å². The number of fused-ring (bicyclic) bond motifs is 1. The maximum Gasteiger partial charge on any atom is 0.240 e. The van der Waals surface area contributed by atoms with Gasteiger partial charge in [0.25, 0.3) is 0 Å². The number of aromatic nitrogens is 1. The van der Waals surface area contributed by atoms with Gasteiger partial charge in [0.2, 0.25) is 5.91 Å². The van der Waals surface area contributed by atoms with Gasteiger partial charge in [0.05, 0.1) is 15.5 Å². The predicted molar refractivity (Wildman–Crippen MR) is 148 cm³/mol. The second-order valence-electron chi connectivity index (χ2n) is 8.64. The average molecular weight is 522 g/mol. The largest absolute Gasteiger partial charge is 0.302 e. The van der Waals surface area contributed by atoms with Crippen molar-refractivity contribution in [3.05, 3.63) is 90.0 Å². The Morgan fingerprint density at radius 1 is 0.861 bits per heavy atom. The number of nitrogens with zero attached hydrogens (tertiary/aromatic N) is 3. The van der Waals surface area contributed by atoms with Crippen molar-refractivity contribution >= 4 is 42.4 Å². The molecule has 0 fully saturated rings. The maximum absolute atomic E-state index is 14.3. The number of benzene rings is 3. The molecular formula is C28H31N3O3S2. The Balaban J connectivity index is 1.83. The van der Waals surface area contributed by atoms with Gasteiger partial charge in [0.15, 0.2) is 15.0 Å². The van der Waals surface area contributed by atoms with Gasteiger partial charge in [-0.3, -0.25) is 9.69 Å². The number of hydrogen-bond donors (Lipinski definition) is 0. The Bertz CT molecular complexity index is 1380. The lowest BCUT2D eigenvalue weighted by Gasteiger charge is -2.28. The van der Waals surface area contributed by atoms with Gasteiger partial charge in [-0.25, -0.2) is 13.4 Å². The molecule has 4 aromatic rings. The van der Waals surface area contributed by atoms with E-state index in [-0.39, 0.29) is 10.8 Å². The van der Waals surface area contributed by atoms with Crippen molar-refractivity contribution in [2.75, 3.05) is 37.3 Å². The summed E-state index contributed by atoms with van der Waals surface area (Å²) in [5, 5.41) is 0.509. The van der Waals surface area contributed by atoms with Crippen molar-refractivity contribution in [3.8, 4) is 0 Å². The van der Waals surface area contributed by atoms with Gasteiger partial charge in [0, 0.05) is 19.3 Å². The van der Waals surface area contributed by atoms with Gasteiger partial charge in [0.1, 0.15) is 5.52 Å². The molecule has 0 saturated carbocycles. The predicted octanol–water partition coefficient (Wildman–Crippen LogP) is 5.21. The van der Waals surface area contributed by atoms with Crippen LogP contribution in [0.3, 0.4) is 0 Å². The van der Waals surface area contributed by atoms with Gasteiger partial charge >= 0.3 is 0 Å². The molecule has 1 aromatic heterocycles. The van der Waals surface area contributed by atoms with Gasteiger partial charge in [-0.1, -0.05) is 91.9 Å². The van der Waals surface area contributed by atoms with Crippen molar-refractivity contribution in [2.45, 2.75) is 24.7 Å². The lowest BCUT2D eigenvalue weighted by molar-refractivity contribution is -0.119. The van der Waals surface area contributed by atoms with Crippen molar-refractivity contribution in [3.63, 3.8) is 0 Å². The summed E-state index contributed by atoms with van der Waals surface area (Å²) in [5.74, 6) is -0.593. The molecule has 1 amide bonds. The number of para-hydroxylation sites is 1. The molecule has 0 N–H and O–H groups in total. The number of carbonyl (C=O) groups excluding carboxylic acids is 1. The zero-order valence-corrected chi connectivity index (χ0v) is 22.4. The molecule has 0 unspecified atom stereocenters. The van der Waals surface area contributed by atoms with Crippen LogP contribution in [0, 0.1) is 0 Å². The summed E-state index contributed by atoms with van der Waals surface area (Å²) >= 11 is 1.35. The fraction of sp³-hybridized carbons (Fsp3) is 0.286. The van der Waals surface area contributed by atoms with Gasteiger partial charge in [-0.2, -0.15) is 0 Å². The van der Waals surface area contributed by atoms with Gasteiger partial charge in [-0.15, -0.1) is 0 Å². The number of anilines is 1. The van der Waals surface area contributed by atoms with E-state index in [9.17, 15) is 13.2 Å². The molecule has 3 aromatic carbocycles. The van der Waals surface area contributed by atoms with E-state index in [0.29, 0.717) is 23.7 Å². The minimum Gasteiger partial charge on any atom is -0.302 e. The summed E-state index contributed by atoms with van der Waals surface area (Å²) in [4.78, 5) is 23.3. The van der Waals surface area contributed by atoms with Crippen LogP contribution in [0.15, 0.2) is 83.8 Å². The van der Waals surface area contributed by atoms with Crippen LogP contribution in [0.4, 0.5) is 5.13 Å². The van der Waals surface area contributed by atoms with Crippen molar-refractivity contribution < 1.29 is 13.2 Å². The quantitative estimate of drug-likeness (QED) is 0.287. The van der Waals surface area contributed by atoms with Crippen molar-refractivity contribution in [1.29, 1.82) is 0 Å². The first-order valence-corrected chi connectivity index (χ1v) is 14.8. The fourth-order valence-corrected chi connectivity index (χ4v) is 6.25. The zero-order chi connectivity index (χ0) is 25.7. The first-order valence-electron chi connectivity index (χ1n) is 12.1. The molecule has 36 heavy (non-hydrogen) atoms. The van der Waals surface area contributed by atoms with Crippen LogP contribution in [-0.2, 0) is 14.6 Å². The van der Waals surface area contributed by atoms with E-state index in [4.69, 9.17) is 4.98 Å². The molecule has 0 aliphatic heterocycles. The normalized spacial score (nSPS) is 11.9. The Labute approximate surface area is 217 Å². The first kappa shape index (κ1) is 26.0. The van der Waals surface area contributed by atoms with Crippen molar-refractivity contribution in [2.24, 2.45) is 0 Å². The molecule has 0 radical (unpaired) electrons. The van der Waals surface area contributed by atoms with Crippen LogP contribution in [0.2, 0.25) is 0 Å². The van der Waals surface area contributed by atoms with Crippen molar-refractivity contribution in [1.82, 2.24) is 9.88 Å². The maximum atomic E-state index is 14.3. The lowest BCUT2D eigenvalue weighted by Crippen LogP contribution is -2.41. The smallest absolute Gasteiger partial charge is 0.240 e. The summed E-state index contributed by atoms with van der Waals surface area (Å²) in [7, 11) is -3.47. The second kappa shape index (κ2) is 11.3. The molecule has 188 valence electrons. The van der Waals surface area contributed by atoms with E-state index >= 15 is 0 Å². The minimum atomic E-state index is -3.47. The second-order valence-corrected chi connectivity index (χ2v) is 11.6. The first-order chi connectivity index (χ1) is 17.3. The minimum absolute atomic E-state index is 0.0838. The average Bonchev–Trinajstić information content (AvgIpc) is 3.31. The molecule has 4 rings (SSSR count). The summed E-state index contributed by atoms with van der Waals surface area (Å²) in [6, 6.07) is 24.7. The highest BCUT2D eigenvalue weighted by atomic mass is 32.2. The summed E-state index contributed by atoms with van der Waals surface area (Å²) in [5.41, 5.74) is 2.22. The molecule has 8 heteroatoms. The highest BCUT2D eigenvalue weighted by Gasteiger charge is 2.31. The van der Waals surface area contributed by atoms with E-state index in [1.54, 1.807) is 17.0 Å². The number of likely N-dealkylation sites (N-methyl/N-ethyl adjacent to an activating group) is 1. The summed E-state index contributed by atoms with van der Waals surface area (Å²) in [6.45, 7) is 7.08. The molecular weight excluding hydrogens is 490 g/mol. The molecule has 0 atom stereocenters. The van der Waals surface area contributed by atoms with Crippen LogP contribution >= 0.6 is 11.3 Å². The Morgan fingerprint density at radius 3 is 1.97 bits per heavy atom. The van der Waals surface area contributed by atoms with E-state index in [2.05, 4.69) is 18.7 Å². The Kier molecular flexibility index (Phi) is 8.18. The number of hydrogen-bond acceptors (Lipinski definition) is 6. The highest BCUT2D eigenvalue weighted by molar-refractivity contribution is 7.91. The lowest BCUT2D eigenvalue weighted by atomic mass is 9.90. The SMILES string of the molecule is CCN(CC)CCN(C(=O)C(c1ccccc1)c1ccccc1)c1nc2c(S(C)(=O)=O)cccc2s1. The third-order valence-corrected chi connectivity index (χ3v) is 8.49. The topological polar surface area (TPSA) is 70.6 Å². The standard InChI is InChI=1S/C28H31N3O3S2/c1-4-30(5-2)19-20-31(28-29-26-23(35-28)17-12-18-24(26)36(3,33)34)27(32)25(21-13-8-6-9-14-21)22-15-10-7-11-16-22/h6-18,25H,4-5,19-20H2,1-3H3. The van der Waals surface area contributed by atoms with Gasteiger partial charge < -0.3 is 4.90 Å². The zero-order valence-electron chi connectivity index (χ0n) is 20.8. The molecule has 0 saturated heterocycles. The summed E-state index contributed by atoms with van der Waals surface area (Å²) < 4.78 is 25.6. The number of rotatable bonds is 10. The van der Waals surface area contributed by atoms with E-state index < -0.39 is 15.8 Å². The molecule has 1 heterocycles. The molecule has 0 spiro atoms. The third-order valence-electron chi connectivity index (χ3n) is 6.31. The van der Waals surface area contributed by atoms with Crippen LogP contribution in [0.1, 0.15) is 30.9 Å². The molecule has 6 nitrogen and oxygen atoms in total. The Hall–Kier alpha value is -3.07. The number of sulfone groups is 1. The van der Waals surface area contributed by atoms with Crippen LogP contribution in [-0.4, -0.2) is 56.6 Å². The third kappa shape index (κ3) is 5.67. The number of thiazole rings is 1. The van der Waals surface area contributed by atoms with Crippen LogP contribution in [0.25, 0.3) is 10.2 Å². The fourth-order valence-electron chi connectivity index (χ4n) is 4.33. The van der Waals surface area contributed by atoms with Gasteiger partial charge in [-0.05, 0) is 36.3 Å². The monoisotopic (exact) mass is 521 g/mol. The van der Waals surface area contributed by atoms with Crippen LogP contribution < -0.4 is 4.90 Å². The molecule has 0 bridgehead atoms. The van der Waals surface area contributed by atoms with E-state index in [0.717, 1.165) is 28.9 Å². The van der Waals surface area contributed by atoms with Crippen LogP contribution in [0.5, 0.6) is 0 Å².